The zero-order valence-electron chi connectivity index (χ0n) is 17.5. The van der Waals surface area contributed by atoms with Crippen LogP contribution < -0.4 is 0 Å². The molecule has 3 nitrogen and oxygen atoms in total. The van der Waals surface area contributed by atoms with Crippen LogP contribution in [0.2, 0.25) is 0 Å². The number of aliphatic hydroxyl groups excluding tert-OH is 1. The van der Waals surface area contributed by atoms with Crippen molar-refractivity contribution in [2.24, 2.45) is 5.92 Å². The van der Waals surface area contributed by atoms with Crippen LogP contribution in [0.15, 0.2) is 67.4 Å². The summed E-state index contributed by atoms with van der Waals surface area (Å²) in [6.45, 7) is 9.61. The fourth-order valence-electron chi connectivity index (χ4n) is 3.35. The molecule has 1 aromatic heterocycles. The molecule has 154 valence electrons. The molecule has 30 heavy (non-hydrogen) atoms. The minimum absolute atomic E-state index is 0.0244. The van der Waals surface area contributed by atoms with E-state index in [0.717, 1.165) is 5.56 Å². The van der Waals surface area contributed by atoms with Crippen molar-refractivity contribution in [2.75, 3.05) is 0 Å². The highest BCUT2D eigenvalue weighted by molar-refractivity contribution is 5.99. The molecule has 1 atom stereocenters. The van der Waals surface area contributed by atoms with Crippen LogP contribution in [0.3, 0.4) is 0 Å². The monoisotopic (exact) mass is 403 g/mol. The van der Waals surface area contributed by atoms with Crippen LogP contribution in [0, 0.1) is 18.7 Å². The van der Waals surface area contributed by atoms with Gasteiger partial charge < -0.3 is 5.11 Å². The zero-order valence-corrected chi connectivity index (χ0v) is 17.5. The van der Waals surface area contributed by atoms with E-state index in [0.29, 0.717) is 33.5 Å². The highest BCUT2D eigenvalue weighted by Gasteiger charge is 2.17. The minimum atomic E-state index is -0.817. The molecule has 0 saturated heterocycles. The number of carbonyl (C=O) groups excluding carboxylic acids is 1. The number of aromatic nitrogens is 1. The molecule has 1 unspecified atom stereocenters. The van der Waals surface area contributed by atoms with Gasteiger partial charge in [-0.3, -0.25) is 9.78 Å². The number of benzene rings is 2. The Morgan fingerprint density at radius 2 is 1.83 bits per heavy atom. The molecule has 4 heteroatoms. The van der Waals surface area contributed by atoms with Crippen LogP contribution in [0.1, 0.15) is 53.6 Å². The van der Waals surface area contributed by atoms with Crippen LogP contribution in [0.4, 0.5) is 4.39 Å². The van der Waals surface area contributed by atoms with Crippen LogP contribution in [-0.4, -0.2) is 15.9 Å². The van der Waals surface area contributed by atoms with Crippen LogP contribution in [0.5, 0.6) is 0 Å². The topological polar surface area (TPSA) is 50.2 Å². The first-order chi connectivity index (χ1) is 14.3. The molecule has 0 bridgehead atoms. The molecule has 0 spiro atoms. The number of halogens is 1. The van der Waals surface area contributed by atoms with Gasteiger partial charge in [0.05, 0.1) is 11.8 Å². The van der Waals surface area contributed by atoms with Gasteiger partial charge in [0.2, 0.25) is 0 Å². The number of rotatable bonds is 7. The van der Waals surface area contributed by atoms with Crippen molar-refractivity contribution >= 4 is 11.4 Å². The van der Waals surface area contributed by atoms with E-state index in [1.54, 1.807) is 36.5 Å². The van der Waals surface area contributed by atoms with E-state index in [-0.39, 0.29) is 23.9 Å². The molecule has 3 rings (SSSR count). The SMILES string of the molecule is C=C(CC(O)c1ccccn1)c1cc(C(=O)C(C)C)cc(-c2ccc(C)cc2F)c1. The lowest BCUT2D eigenvalue weighted by atomic mass is 9.90. The summed E-state index contributed by atoms with van der Waals surface area (Å²) in [5.74, 6) is -0.554. The van der Waals surface area contributed by atoms with E-state index < -0.39 is 6.10 Å². The Labute approximate surface area is 176 Å². The van der Waals surface area contributed by atoms with Gasteiger partial charge in [-0.25, -0.2) is 4.39 Å². The number of nitrogens with zero attached hydrogens (tertiary/aromatic N) is 1. The van der Waals surface area contributed by atoms with E-state index >= 15 is 0 Å². The van der Waals surface area contributed by atoms with Gasteiger partial charge in [0.25, 0.3) is 0 Å². The molecular formula is C26H26FNO2. The molecule has 0 aliphatic rings. The number of aryl methyl sites for hydroxylation is 1. The maximum absolute atomic E-state index is 14.6. The molecule has 0 amide bonds. The van der Waals surface area contributed by atoms with Gasteiger partial charge in [-0.05, 0) is 65.6 Å². The first-order valence-electron chi connectivity index (χ1n) is 9.99. The number of aliphatic hydroxyl groups is 1. The predicted molar refractivity (Wildman–Crippen MR) is 119 cm³/mol. The molecule has 1 N–H and O–H groups in total. The largest absolute Gasteiger partial charge is 0.386 e. The predicted octanol–water partition coefficient (Wildman–Crippen LogP) is 6.17. The number of pyridine rings is 1. The summed E-state index contributed by atoms with van der Waals surface area (Å²) >= 11 is 0. The lowest BCUT2D eigenvalue weighted by Gasteiger charge is -2.16. The third kappa shape index (κ3) is 4.89. The summed E-state index contributed by atoms with van der Waals surface area (Å²) in [4.78, 5) is 16.9. The van der Waals surface area contributed by atoms with Crippen molar-refractivity contribution in [2.45, 2.75) is 33.3 Å². The molecule has 1 heterocycles. The highest BCUT2D eigenvalue weighted by atomic mass is 19.1. The van der Waals surface area contributed by atoms with Crippen molar-refractivity contribution < 1.29 is 14.3 Å². The first kappa shape index (κ1) is 21.6. The molecular weight excluding hydrogens is 377 g/mol. The second kappa shape index (κ2) is 9.14. The molecule has 3 aromatic rings. The van der Waals surface area contributed by atoms with Crippen molar-refractivity contribution in [3.8, 4) is 11.1 Å². The van der Waals surface area contributed by atoms with Gasteiger partial charge in [0.1, 0.15) is 5.82 Å². The summed E-state index contributed by atoms with van der Waals surface area (Å²) in [6, 6.07) is 15.7. The fourth-order valence-corrected chi connectivity index (χ4v) is 3.35. The molecule has 0 aliphatic heterocycles. The lowest BCUT2D eigenvalue weighted by Crippen LogP contribution is -2.08. The van der Waals surface area contributed by atoms with Gasteiger partial charge >= 0.3 is 0 Å². The summed E-state index contributed by atoms with van der Waals surface area (Å²) < 4.78 is 14.6. The van der Waals surface area contributed by atoms with Gasteiger partial charge in [0.15, 0.2) is 5.78 Å². The Balaban J connectivity index is 2.01. The Morgan fingerprint density at radius 3 is 2.47 bits per heavy atom. The quantitative estimate of drug-likeness (QED) is 0.480. The van der Waals surface area contributed by atoms with E-state index in [4.69, 9.17) is 0 Å². The zero-order chi connectivity index (χ0) is 21.8. The third-order valence-corrected chi connectivity index (χ3v) is 5.05. The number of ketones is 1. The number of hydrogen-bond acceptors (Lipinski definition) is 3. The maximum atomic E-state index is 14.6. The van der Waals surface area contributed by atoms with Crippen molar-refractivity contribution in [1.29, 1.82) is 0 Å². The second-order valence-electron chi connectivity index (χ2n) is 7.88. The van der Waals surface area contributed by atoms with Gasteiger partial charge in [-0.15, -0.1) is 0 Å². The standard InChI is InChI=1S/C26H26FNO2/c1-16(2)26(30)21-14-19(18(4)12-25(29)24-7-5-6-10-28-24)13-20(15-21)22-9-8-17(3)11-23(22)27/h5-11,13-16,25,29H,4,12H2,1-3H3. The molecule has 0 aliphatic carbocycles. The summed E-state index contributed by atoms with van der Waals surface area (Å²) in [7, 11) is 0. The van der Waals surface area contributed by atoms with Crippen LogP contribution >= 0.6 is 0 Å². The molecule has 2 aromatic carbocycles. The third-order valence-electron chi connectivity index (χ3n) is 5.05. The van der Waals surface area contributed by atoms with E-state index in [1.807, 2.05) is 39.0 Å². The Morgan fingerprint density at radius 1 is 1.10 bits per heavy atom. The van der Waals surface area contributed by atoms with Crippen molar-refractivity contribution in [3.05, 3.63) is 95.6 Å². The second-order valence-corrected chi connectivity index (χ2v) is 7.88. The summed E-state index contributed by atoms with van der Waals surface area (Å²) in [5, 5.41) is 10.5. The molecule has 0 radical (unpaired) electrons. The van der Waals surface area contributed by atoms with Gasteiger partial charge in [-0.2, -0.15) is 0 Å². The van der Waals surface area contributed by atoms with Gasteiger partial charge in [-0.1, -0.05) is 38.6 Å². The van der Waals surface area contributed by atoms with Crippen LogP contribution in [-0.2, 0) is 0 Å². The molecule has 0 fully saturated rings. The number of carbonyl (C=O) groups is 1. The van der Waals surface area contributed by atoms with Crippen LogP contribution in [0.25, 0.3) is 16.7 Å². The Hall–Kier alpha value is -3.11. The Kier molecular flexibility index (Phi) is 6.58. The number of hydrogen-bond donors (Lipinski definition) is 1. The Bertz CT molecular complexity index is 1070. The first-order valence-corrected chi connectivity index (χ1v) is 9.99. The molecule has 0 saturated carbocycles. The minimum Gasteiger partial charge on any atom is -0.386 e. The maximum Gasteiger partial charge on any atom is 0.165 e. The fraction of sp³-hybridized carbons (Fsp3) is 0.231. The van der Waals surface area contributed by atoms with Crippen molar-refractivity contribution in [1.82, 2.24) is 4.98 Å². The number of Topliss-reactive ketones (excluding diaryl/α,β-unsaturated/α-hetero) is 1. The van der Waals surface area contributed by atoms with Crippen molar-refractivity contribution in [3.63, 3.8) is 0 Å². The highest BCUT2D eigenvalue weighted by Crippen LogP contribution is 2.32. The van der Waals surface area contributed by atoms with E-state index in [9.17, 15) is 14.3 Å². The smallest absolute Gasteiger partial charge is 0.165 e. The summed E-state index contributed by atoms with van der Waals surface area (Å²) in [6.07, 6.45) is 1.07. The summed E-state index contributed by atoms with van der Waals surface area (Å²) in [5.41, 5.74) is 4.28. The lowest BCUT2D eigenvalue weighted by molar-refractivity contribution is 0.0939. The van der Waals surface area contributed by atoms with E-state index in [2.05, 4.69) is 11.6 Å². The normalized spacial score (nSPS) is 12.1. The average Bonchev–Trinajstić information content (AvgIpc) is 2.73. The average molecular weight is 403 g/mol. The van der Waals surface area contributed by atoms with E-state index in [1.165, 1.54) is 6.07 Å². The van der Waals surface area contributed by atoms with Gasteiger partial charge in [0, 0.05) is 29.7 Å².